The molecule has 8 heteroatoms. The van der Waals surface area contributed by atoms with E-state index in [0.29, 0.717) is 37.4 Å². The second-order valence-corrected chi connectivity index (χ2v) is 7.03. The summed E-state index contributed by atoms with van der Waals surface area (Å²) in [5.74, 6) is -0.121. The molecule has 1 aromatic rings. The first-order chi connectivity index (χ1) is 10.4. The normalized spacial score (nSPS) is 15.5. The van der Waals surface area contributed by atoms with Crippen molar-refractivity contribution in [2.75, 3.05) is 36.7 Å². The smallest absolute Gasteiger partial charge is 0.253 e. The maximum Gasteiger partial charge on any atom is 0.253 e. The van der Waals surface area contributed by atoms with Crippen LogP contribution < -0.4 is 4.72 Å². The second kappa shape index (κ2) is 6.78. The molecule has 1 saturated heterocycles. The fraction of sp³-hybridized carbons (Fsp3) is 0.429. The fourth-order valence-corrected chi connectivity index (χ4v) is 2.79. The number of amides is 2. The van der Waals surface area contributed by atoms with E-state index >= 15 is 0 Å². The minimum atomic E-state index is -3.32. The van der Waals surface area contributed by atoms with Crippen molar-refractivity contribution in [3.8, 4) is 0 Å². The van der Waals surface area contributed by atoms with Gasteiger partial charge in [0.2, 0.25) is 16.4 Å². The topological polar surface area (TPSA) is 86.8 Å². The quantitative estimate of drug-likeness (QED) is 0.792. The van der Waals surface area contributed by atoms with Gasteiger partial charge in [0.05, 0.1) is 5.75 Å². The van der Waals surface area contributed by atoms with Crippen molar-refractivity contribution in [1.29, 1.82) is 0 Å². The number of anilines is 1. The molecule has 1 N–H and O–H groups in total. The highest BCUT2D eigenvalue weighted by atomic mass is 32.2. The molecule has 1 heterocycles. The number of carbonyl (C=O) groups is 2. The van der Waals surface area contributed by atoms with Crippen LogP contribution in [0.5, 0.6) is 0 Å². The molecule has 0 radical (unpaired) electrons. The van der Waals surface area contributed by atoms with Gasteiger partial charge in [-0.05, 0) is 31.2 Å². The molecule has 0 aromatic heterocycles. The van der Waals surface area contributed by atoms with Crippen LogP contribution in [-0.4, -0.2) is 62.5 Å². The number of rotatable bonds is 5. The Morgan fingerprint density at radius 3 is 2.27 bits per heavy atom. The Labute approximate surface area is 129 Å². The van der Waals surface area contributed by atoms with E-state index < -0.39 is 10.0 Å². The predicted molar refractivity (Wildman–Crippen MR) is 83.1 cm³/mol. The molecule has 2 rings (SSSR count). The Kier molecular flexibility index (Phi) is 5.02. The van der Waals surface area contributed by atoms with Crippen molar-refractivity contribution in [2.45, 2.75) is 6.92 Å². The minimum absolute atomic E-state index is 0.00527. The van der Waals surface area contributed by atoms with E-state index in [1.807, 2.05) is 0 Å². The number of nitrogens with zero attached hydrogens (tertiary/aromatic N) is 2. The van der Waals surface area contributed by atoms with E-state index in [4.69, 9.17) is 0 Å². The standard InChI is InChI=1S/C14H19N3O4S/c1-2-22(20,21)15-13-5-3-12(4-6-13)14(19)17-9-7-16(11-18)8-10-17/h3-6,11,15H,2,7-10H2,1H3. The molecule has 0 bridgehead atoms. The molecule has 1 fully saturated rings. The molecule has 2 amide bonds. The number of piperazine rings is 1. The third-order valence-corrected chi connectivity index (χ3v) is 4.84. The zero-order chi connectivity index (χ0) is 16.2. The van der Waals surface area contributed by atoms with Gasteiger partial charge in [0, 0.05) is 37.4 Å². The molecule has 1 aromatic carbocycles. The Morgan fingerprint density at radius 1 is 1.18 bits per heavy atom. The summed E-state index contributed by atoms with van der Waals surface area (Å²) in [6.07, 6.45) is 0.788. The van der Waals surface area contributed by atoms with Crippen molar-refractivity contribution in [2.24, 2.45) is 0 Å². The van der Waals surface area contributed by atoms with Gasteiger partial charge in [0.1, 0.15) is 0 Å². The van der Waals surface area contributed by atoms with E-state index in [0.717, 1.165) is 6.41 Å². The van der Waals surface area contributed by atoms with E-state index in [2.05, 4.69) is 4.72 Å². The first-order valence-electron chi connectivity index (χ1n) is 7.04. The average molecular weight is 325 g/mol. The van der Waals surface area contributed by atoms with Crippen LogP contribution in [0.2, 0.25) is 0 Å². The van der Waals surface area contributed by atoms with Crippen LogP contribution in [0.25, 0.3) is 0 Å². The van der Waals surface area contributed by atoms with Crippen molar-refractivity contribution >= 4 is 28.0 Å². The van der Waals surface area contributed by atoms with Crippen molar-refractivity contribution in [3.05, 3.63) is 29.8 Å². The lowest BCUT2D eigenvalue weighted by molar-refractivity contribution is -0.119. The highest BCUT2D eigenvalue weighted by Crippen LogP contribution is 2.14. The maximum absolute atomic E-state index is 12.3. The number of hydrogen-bond acceptors (Lipinski definition) is 4. The van der Waals surface area contributed by atoms with Crippen LogP contribution >= 0.6 is 0 Å². The van der Waals surface area contributed by atoms with E-state index in [1.54, 1.807) is 41.0 Å². The molecule has 0 spiro atoms. The van der Waals surface area contributed by atoms with E-state index in [1.165, 1.54) is 0 Å². The van der Waals surface area contributed by atoms with Gasteiger partial charge in [-0.1, -0.05) is 0 Å². The number of sulfonamides is 1. The van der Waals surface area contributed by atoms with Crippen LogP contribution in [0.4, 0.5) is 5.69 Å². The molecule has 7 nitrogen and oxygen atoms in total. The van der Waals surface area contributed by atoms with Gasteiger partial charge in [0.25, 0.3) is 5.91 Å². The SMILES string of the molecule is CCS(=O)(=O)Nc1ccc(C(=O)N2CCN(C=O)CC2)cc1. The van der Waals surface area contributed by atoms with Crippen LogP contribution in [0.15, 0.2) is 24.3 Å². The summed E-state index contributed by atoms with van der Waals surface area (Å²) in [5, 5.41) is 0. The largest absolute Gasteiger partial charge is 0.342 e. The number of hydrogen-bond donors (Lipinski definition) is 1. The molecule has 0 atom stereocenters. The van der Waals surface area contributed by atoms with Gasteiger partial charge >= 0.3 is 0 Å². The van der Waals surface area contributed by atoms with Gasteiger partial charge in [-0.15, -0.1) is 0 Å². The van der Waals surface area contributed by atoms with E-state index in [9.17, 15) is 18.0 Å². The zero-order valence-corrected chi connectivity index (χ0v) is 13.2. The lowest BCUT2D eigenvalue weighted by Gasteiger charge is -2.32. The number of benzene rings is 1. The van der Waals surface area contributed by atoms with Crippen LogP contribution in [-0.2, 0) is 14.8 Å². The second-order valence-electron chi connectivity index (χ2n) is 5.02. The molecule has 0 aliphatic carbocycles. The molecular weight excluding hydrogens is 306 g/mol. The molecule has 120 valence electrons. The Morgan fingerprint density at radius 2 is 1.77 bits per heavy atom. The summed E-state index contributed by atoms with van der Waals surface area (Å²) < 4.78 is 25.4. The van der Waals surface area contributed by atoms with Crippen LogP contribution in [0, 0.1) is 0 Å². The van der Waals surface area contributed by atoms with Gasteiger partial charge < -0.3 is 9.80 Å². The van der Waals surface area contributed by atoms with Gasteiger partial charge in [0.15, 0.2) is 0 Å². The Hall–Kier alpha value is -2.09. The summed E-state index contributed by atoms with van der Waals surface area (Å²) in [7, 11) is -3.32. The molecule has 0 saturated carbocycles. The molecule has 1 aliphatic heterocycles. The summed E-state index contributed by atoms with van der Waals surface area (Å²) in [6.45, 7) is 3.62. The summed E-state index contributed by atoms with van der Waals surface area (Å²) in [4.78, 5) is 26.3. The minimum Gasteiger partial charge on any atom is -0.342 e. The molecule has 22 heavy (non-hydrogen) atoms. The lowest BCUT2D eigenvalue weighted by atomic mass is 10.1. The summed E-state index contributed by atoms with van der Waals surface area (Å²) in [5.41, 5.74) is 0.933. The average Bonchev–Trinajstić information content (AvgIpc) is 2.55. The first-order valence-corrected chi connectivity index (χ1v) is 8.69. The lowest BCUT2D eigenvalue weighted by Crippen LogP contribution is -2.48. The van der Waals surface area contributed by atoms with Crippen molar-refractivity contribution in [3.63, 3.8) is 0 Å². The van der Waals surface area contributed by atoms with Crippen molar-refractivity contribution in [1.82, 2.24) is 9.80 Å². The monoisotopic (exact) mass is 325 g/mol. The van der Waals surface area contributed by atoms with Gasteiger partial charge in [-0.3, -0.25) is 14.3 Å². The highest BCUT2D eigenvalue weighted by molar-refractivity contribution is 7.92. The highest BCUT2D eigenvalue weighted by Gasteiger charge is 2.21. The van der Waals surface area contributed by atoms with Crippen molar-refractivity contribution < 1.29 is 18.0 Å². The van der Waals surface area contributed by atoms with Gasteiger partial charge in [-0.2, -0.15) is 0 Å². The Bertz CT molecular complexity index is 635. The number of carbonyl (C=O) groups excluding carboxylic acids is 2. The van der Waals surface area contributed by atoms with Gasteiger partial charge in [-0.25, -0.2) is 8.42 Å². The Balaban J connectivity index is 2.01. The predicted octanol–water partition coefficient (Wildman–Crippen LogP) is 0.362. The van der Waals surface area contributed by atoms with E-state index in [-0.39, 0.29) is 11.7 Å². The third kappa shape index (κ3) is 3.97. The number of nitrogens with one attached hydrogen (secondary N) is 1. The fourth-order valence-electron chi connectivity index (χ4n) is 2.15. The third-order valence-electron chi connectivity index (χ3n) is 3.54. The molecule has 1 aliphatic rings. The molecule has 0 unspecified atom stereocenters. The summed E-state index contributed by atoms with van der Waals surface area (Å²) in [6, 6.07) is 6.34. The van der Waals surface area contributed by atoms with Crippen LogP contribution in [0.3, 0.4) is 0 Å². The first kappa shape index (κ1) is 16.3. The van der Waals surface area contributed by atoms with Crippen LogP contribution in [0.1, 0.15) is 17.3 Å². The summed E-state index contributed by atoms with van der Waals surface area (Å²) >= 11 is 0. The zero-order valence-electron chi connectivity index (χ0n) is 12.4. The molecular formula is C14H19N3O4S. The maximum atomic E-state index is 12.3.